The number of rotatable bonds is 4. The highest BCUT2D eigenvalue weighted by atomic mass is 19.4. The Labute approximate surface area is 122 Å². The average Bonchev–Trinajstić information content (AvgIpc) is 2.86. The molecule has 0 amide bonds. The molecule has 9 heteroatoms. The van der Waals surface area contributed by atoms with Crippen LogP contribution in [0.2, 0.25) is 0 Å². The molecule has 0 spiro atoms. The van der Waals surface area contributed by atoms with Crippen LogP contribution in [-0.4, -0.2) is 48.7 Å². The van der Waals surface area contributed by atoms with Crippen LogP contribution in [0.25, 0.3) is 11.0 Å². The maximum Gasteiger partial charge on any atom is 0.416 e. The molecule has 122 valence electrons. The van der Waals surface area contributed by atoms with Crippen molar-refractivity contribution in [2.75, 3.05) is 0 Å². The number of nitrogens with zero attached hydrogens (tertiary/aromatic N) is 1. The molecule has 0 aliphatic rings. The van der Waals surface area contributed by atoms with E-state index in [4.69, 9.17) is 0 Å². The second-order valence-electron chi connectivity index (χ2n) is 5.02. The minimum absolute atomic E-state index is 0.0302. The van der Waals surface area contributed by atoms with Crippen LogP contribution in [0.5, 0.6) is 0 Å². The first kappa shape index (κ1) is 16.7. The van der Waals surface area contributed by atoms with Crippen LogP contribution in [0.1, 0.15) is 24.4 Å². The fourth-order valence-electron chi connectivity index (χ4n) is 1.98. The van der Waals surface area contributed by atoms with Gasteiger partial charge in [0.2, 0.25) is 0 Å². The number of nitrogens with one attached hydrogen (secondary N) is 1. The molecular weight excluding hydrogens is 305 g/mol. The zero-order chi connectivity index (χ0) is 16.7. The highest BCUT2D eigenvalue weighted by molar-refractivity contribution is 5.76. The van der Waals surface area contributed by atoms with Gasteiger partial charge in [0.05, 0.1) is 22.7 Å². The summed E-state index contributed by atoms with van der Waals surface area (Å²) in [7, 11) is 0. The molecule has 0 bridgehead atoms. The van der Waals surface area contributed by atoms with Gasteiger partial charge >= 0.3 is 6.18 Å². The third-order valence-corrected chi connectivity index (χ3v) is 3.28. The number of hydrogen-bond acceptors (Lipinski definition) is 5. The number of alkyl halides is 3. The number of imidazole rings is 1. The highest BCUT2D eigenvalue weighted by Gasteiger charge is 2.33. The lowest BCUT2D eigenvalue weighted by Gasteiger charge is -2.23. The van der Waals surface area contributed by atoms with Crippen molar-refractivity contribution in [1.29, 1.82) is 0 Å². The molecule has 0 saturated carbocycles. The number of benzene rings is 1. The van der Waals surface area contributed by atoms with Crippen molar-refractivity contribution in [1.82, 2.24) is 9.97 Å². The van der Waals surface area contributed by atoms with Crippen LogP contribution >= 0.6 is 0 Å². The summed E-state index contributed by atoms with van der Waals surface area (Å²) in [6, 6.07) is 2.80. The lowest BCUT2D eigenvalue weighted by atomic mass is 10.0. The quantitative estimate of drug-likeness (QED) is 0.570. The first-order chi connectivity index (χ1) is 10.1. The summed E-state index contributed by atoms with van der Waals surface area (Å²) in [6.45, 7) is 1.22. The molecule has 0 aliphatic carbocycles. The molecule has 0 fully saturated rings. The summed E-state index contributed by atoms with van der Waals surface area (Å²) in [5.74, 6) is -0.207. The smallest absolute Gasteiger partial charge is 0.391 e. The number of H-pyrrole nitrogens is 1. The molecule has 5 N–H and O–H groups in total. The summed E-state index contributed by atoms with van der Waals surface area (Å²) in [5.41, 5.74) is -0.683. The van der Waals surface area contributed by atoms with E-state index >= 15 is 0 Å². The Morgan fingerprint density at radius 2 is 1.73 bits per heavy atom. The minimum Gasteiger partial charge on any atom is -0.391 e. The maximum atomic E-state index is 12.6. The van der Waals surface area contributed by atoms with E-state index in [0.717, 1.165) is 18.2 Å². The summed E-state index contributed by atoms with van der Waals surface area (Å²) in [6.07, 6.45) is -10.9. The summed E-state index contributed by atoms with van der Waals surface area (Å²) in [5, 5.41) is 38.3. The summed E-state index contributed by atoms with van der Waals surface area (Å²) in [4.78, 5) is 6.34. The second kappa shape index (κ2) is 5.84. The second-order valence-corrected chi connectivity index (χ2v) is 5.02. The minimum atomic E-state index is -4.51. The lowest BCUT2D eigenvalue weighted by Crippen LogP contribution is -2.39. The van der Waals surface area contributed by atoms with Gasteiger partial charge in [-0.1, -0.05) is 0 Å². The molecule has 0 saturated heterocycles. The lowest BCUT2D eigenvalue weighted by molar-refractivity contribution is -0.137. The van der Waals surface area contributed by atoms with Crippen molar-refractivity contribution in [3.05, 3.63) is 29.6 Å². The summed E-state index contributed by atoms with van der Waals surface area (Å²) < 4.78 is 37.9. The average molecular weight is 320 g/mol. The Bertz CT molecular complexity index is 656. The largest absolute Gasteiger partial charge is 0.416 e. The predicted molar refractivity (Wildman–Crippen MR) is 69.7 cm³/mol. The van der Waals surface area contributed by atoms with Crippen molar-refractivity contribution >= 4 is 11.0 Å². The summed E-state index contributed by atoms with van der Waals surface area (Å²) >= 11 is 0. The van der Waals surface area contributed by atoms with E-state index in [1.807, 2.05) is 0 Å². The Kier molecular flexibility index (Phi) is 4.43. The molecule has 4 atom stereocenters. The number of aliphatic hydroxyl groups excluding tert-OH is 4. The predicted octanol–water partition coefficient (Wildman–Crippen LogP) is 0.718. The molecule has 6 nitrogen and oxygen atoms in total. The SMILES string of the molecule is CC(O)C(O)C(O)[C@H](O)c1nc2ccc(C(F)(F)F)cc2[nH]1. The monoisotopic (exact) mass is 320 g/mol. The van der Waals surface area contributed by atoms with E-state index in [0.29, 0.717) is 0 Å². The van der Waals surface area contributed by atoms with Gasteiger partial charge in [0.15, 0.2) is 0 Å². The van der Waals surface area contributed by atoms with Gasteiger partial charge in [0.25, 0.3) is 0 Å². The normalized spacial score (nSPS) is 18.2. The van der Waals surface area contributed by atoms with E-state index in [-0.39, 0.29) is 16.9 Å². The van der Waals surface area contributed by atoms with Crippen LogP contribution in [0.3, 0.4) is 0 Å². The third-order valence-electron chi connectivity index (χ3n) is 3.28. The molecule has 1 aromatic carbocycles. The van der Waals surface area contributed by atoms with Crippen LogP contribution < -0.4 is 0 Å². The third kappa shape index (κ3) is 3.22. The molecule has 22 heavy (non-hydrogen) atoms. The van der Waals surface area contributed by atoms with Crippen LogP contribution in [0.4, 0.5) is 13.2 Å². The number of hydrogen-bond donors (Lipinski definition) is 5. The fraction of sp³-hybridized carbons (Fsp3) is 0.462. The Morgan fingerprint density at radius 3 is 2.27 bits per heavy atom. The van der Waals surface area contributed by atoms with E-state index in [9.17, 15) is 33.6 Å². The van der Waals surface area contributed by atoms with Gasteiger partial charge in [0, 0.05) is 0 Å². The van der Waals surface area contributed by atoms with E-state index in [2.05, 4.69) is 9.97 Å². The number of aliphatic hydroxyl groups is 4. The molecule has 0 aliphatic heterocycles. The molecular formula is C13H15F3N2O4. The van der Waals surface area contributed by atoms with Crippen molar-refractivity contribution in [2.24, 2.45) is 0 Å². The van der Waals surface area contributed by atoms with Gasteiger partial charge < -0.3 is 25.4 Å². The molecule has 1 aromatic heterocycles. The topological polar surface area (TPSA) is 110 Å². The number of fused-ring (bicyclic) bond motifs is 1. The Hall–Kier alpha value is -1.68. The van der Waals surface area contributed by atoms with E-state index < -0.39 is 36.2 Å². The zero-order valence-electron chi connectivity index (χ0n) is 11.4. The van der Waals surface area contributed by atoms with Gasteiger partial charge in [-0.15, -0.1) is 0 Å². The van der Waals surface area contributed by atoms with Crippen LogP contribution in [-0.2, 0) is 6.18 Å². The highest BCUT2D eigenvalue weighted by Crippen LogP contribution is 2.31. The van der Waals surface area contributed by atoms with Crippen molar-refractivity contribution in [2.45, 2.75) is 37.5 Å². The van der Waals surface area contributed by atoms with Gasteiger partial charge in [0.1, 0.15) is 24.1 Å². The zero-order valence-corrected chi connectivity index (χ0v) is 11.4. The molecule has 2 rings (SSSR count). The Morgan fingerprint density at radius 1 is 1.09 bits per heavy atom. The molecule has 1 heterocycles. The van der Waals surface area contributed by atoms with E-state index in [1.165, 1.54) is 6.92 Å². The van der Waals surface area contributed by atoms with Gasteiger partial charge in [-0.05, 0) is 25.1 Å². The molecule has 2 aromatic rings. The first-order valence-corrected chi connectivity index (χ1v) is 6.40. The first-order valence-electron chi connectivity index (χ1n) is 6.40. The van der Waals surface area contributed by atoms with Crippen molar-refractivity contribution in [3.8, 4) is 0 Å². The van der Waals surface area contributed by atoms with Crippen molar-refractivity contribution in [3.63, 3.8) is 0 Å². The standard InChI is InChI=1S/C13H15F3N2O4/c1-5(19)9(20)10(21)11(22)12-17-7-3-2-6(13(14,15)16)4-8(7)18-12/h2-5,9-11,19-22H,1H3,(H,17,18)/t5?,9?,10?,11-/m0/s1. The Balaban J connectivity index is 2.33. The van der Waals surface area contributed by atoms with Crippen molar-refractivity contribution < 1.29 is 33.6 Å². The number of aromatic amines is 1. The van der Waals surface area contributed by atoms with Crippen LogP contribution in [0.15, 0.2) is 18.2 Å². The maximum absolute atomic E-state index is 12.6. The van der Waals surface area contributed by atoms with E-state index in [1.54, 1.807) is 0 Å². The van der Waals surface area contributed by atoms with Gasteiger partial charge in [-0.25, -0.2) is 4.98 Å². The van der Waals surface area contributed by atoms with Crippen LogP contribution in [0, 0.1) is 0 Å². The molecule has 0 radical (unpaired) electrons. The molecule has 3 unspecified atom stereocenters. The van der Waals surface area contributed by atoms with Gasteiger partial charge in [-0.3, -0.25) is 0 Å². The number of halogens is 3. The fourth-order valence-corrected chi connectivity index (χ4v) is 1.98. The number of aromatic nitrogens is 2. The van der Waals surface area contributed by atoms with Gasteiger partial charge in [-0.2, -0.15) is 13.2 Å².